The highest BCUT2D eigenvalue weighted by molar-refractivity contribution is 14.1. The van der Waals surface area contributed by atoms with Crippen LogP contribution in [-0.2, 0) is 10.0 Å². The summed E-state index contributed by atoms with van der Waals surface area (Å²) in [4.78, 5) is 0.245. The van der Waals surface area contributed by atoms with Gasteiger partial charge in [-0.3, -0.25) is 0 Å². The lowest BCUT2D eigenvalue weighted by molar-refractivity contribution is 0.578. The van der Waals surface area contributed by atoms with E-state index in [0.717, 1.165) is 24.0 Å². The molecule has 4 aromatic rings. The maximum absolute atomic E-state index is 13.2. The van der Waals surface area contributed by atoms with E-state index in [4.69, 9.17) is 4.42 Å². The summed E-state index contributed by atoms with van der Waals surface area (Å²) in [6, 6.07) is 20.1. The Morgan fingerprint density at radius 2 is 1.46 bits per heavy atom. The Labute approximate surface area is 190 Å². The predicted molar refractivity (Wildman–Crippen MR) is 127 cm³/mol. The minimum Gasteiger partial charge on any atom is -0.452 e. The van der Waals surface area contributed by atoms with Crippen molar-refractivity contribution in [1.82, 2.24) is 3.97 Å². The molecule has 28 heavy (non-hydrogen) atoms. The third kappa shape index (κ3) is 3.43. The molecule has 0 amide bonds. The molecule has 0 aliphatic rings. The van der Waals surface area contributed by atoms with Crippen LogP contribution in [0.2, 0.25) is 0 Å². The zero-order valence-corrected chi connectivity index (χ0v) is 19.9. The van der Waals surface area contributed by atoms with Crippen LogP contribution in [0, 0.1) is 14.1 Å². The molecule has 2 aromatic heterocycles. The molecule has 4 rings (SSSR count). The molecule has 142 valence electrons. The van der Waals surface area contributed by atoms with Gasteiger partial charge in [-0.15, -0.1) is 0 Å². The van der Waals surface area contributed by atoms with Crippen molar-refractivity contribution in [2.45, 2.75) is 11.8 Å². The van der Waals surface area contributed by atoms with Crippen LogP contribution in [0.25, 0.3) is 22.8 Å². The van der Waals surface area contributed by atoms with Gasteiger partial charge >= 0.3 is 0 Å². The first-order valence-electron chi connectivity index (χ1n) is 8.43. The van der Waals surface area contributed by atoms with E-state index in [1.807, 2.05) is 37.3 Å². The minimum atomic E-state index is -3.73. The normalized spacial score (nSPS) is 11.7. The van der Waals surface area contributed by atoms with Crippen LogP contribution in [0.5, 0.6) is 0 Å². The minimum absolute atomic E-state index is 0.245. The van der Waals surface area contributed by atoms with E-state index < -0.39 is 10.0 Å². The van der Waals surface area contributed by atoms with Crippen LogP contribution < -0.4 is 0 Å². The van der Waals surface area contributed by atoms with Crippen molar-refractivity contribution >= 4 is 55.2 Å². The molecule has 4 nitrogen and oxygen atoms in total. The fourth-order valence-electron chi connectivity index (χ4n) is 2.91. The number of aryl methyl sites for hydroxylation is 1. The van der Waals surface area contributed by atoms with Gasteiger partial charge in [0, 0.05) is 11.8 Å². The lowest BCUT2D eigenvalue weighted by Crippen LogP contribution is -2.13. The van der Waals surface area contributed by atoms with Gasteiger partial charge in [0.15, 0.2) is 5.76 Å². The highest BCUT2D eigenvalue weighted by Gasteiger charge is 2.25. The Morgan fingerprint density at radius 1 is 0.821 bits per heavy atom. The summed E-state index contributed by atoms with van der Waals surface area (Å²) < 4.78 is 35.7. The van der Waals surface area contributed by atoms with Crippen molar-refractivity contribution in [1.29, 1.82) is 0 Å². The topological polar surface area (TPSA) is 52.2 Å². The quantitative estimate of drug-likeness (QED) is 0.258. The number of hydrogen-bond acceptors (Lipinski definition) is 3. The van der Waals surface area contributed by atoms with Crippen LogP contribution in [0.1, 0.15) is 5.56 Å². The maximum Gasteiger partial charge on any atom is 0.268 e. The Hall–Kier alpha value is -1.59. The second-order valence-electron chi connectivity index (χ2n) is 6.26. The molecule has 7 heteroatoms. The Balaban J connectivity index is 1.86. The van der Waals surface area contributed by atoms with Crippen LogP contribution in [0.15, 0.2) is 82.2 Å². The molecule has 2 heterocycles. The van der Waals surface area contributed by atoms with Crippen molar-refractivity contribution in [3.05, 3.63) is 85.6 Å². The second kappa shape index (κ2) is 7.68. The third-order valence-corrected chi connectivity index (χ3v) is 9.15. The fourth-order valence-corrected chi connectivity index (χ4v) is 5.54. The standard InChI is InChI=1S/C21H15I2NO3S/c1-14-9-11-16(12-10-14)28(25,26)24-13-5-8-17(24)21-19(23)18(22)20(27-21)15-6-3-2-4-7-15/h2-13H,1H3. The number of benzene rings is 2. The monoisotopic (exact) mass is 615 g/mol. The molecular weight excluding hydrogens is 600 g/mol. The van der Waals surface area contributed by atoms with Crippen molar-refractivity contribution in [2.75, 3.05) is 0 Å². The van der Waals surface area contributed by atoms with Gasteiger partial charge in [0.1, 0.15) is 11.5 Å². The molecule has 0 aliphatic heterocycles. The lowest BCUT2D eigenvalue weighted by atomic mass is 10.2. The number of aromatic nitrogens is 1. The van der Waals surface area contributed by atoms with Gasteiger partial charge in [-0.2, -0.15) is 0 Å². The van der Waals surface area contributed by atoms with Crippen LogP contribution in [0.4, 0.5) is 0 Å². The van der Waals surface area contributed by atoms with Crippen LogP contribution in [-0.4, -0.2) is 12.4 Å². The number of hydrogen-bond donors (Lipinski definition) is 0. The molecule has 0 saturated carbocycles. The Morgan fingerprint density at radius 3 is 2.14 bits per heavy atom. The van der Waals surface area contributed by atoms with Crippen molar-refractivity contribution in [2.24, 2.45) is 0 Å². The molecule has 0 unspecified atom stereocenters. The molecule has 0 aliphatic carbocycles. The maximum atomic E-state index is 13.2. The van der Waals surface area contributed by atoms with Crippen LogP contribution in [0.3, 0.4) is 0 Å². The van der Waals surface area contributed by atoms with Gasteiger partial charge in [0.2, 0.25) is 0 Å². The first kappa shape index (κ1) is 19.7. The largest absolute Gasteiger partial charge is 0.452 e. The van der Waals surface area contributed by atoms with Crippen molar-refractivity contribution in [3.63, 3.8) is 0 Å². The van der Waals surface area contributed by atoms with Crippen LogP contribution >= 0.6 is 45.2 Å². The fraction of sp³-hybridized carbons (Fsp3) is 0.0476. The van der Waals surface area contributed by atoms with E-state index >= 15 is 0 Å². The Kier molecular flexibility index (Phi) is 5.41. The molecule has 0 atom stereocenters. The van der Waals surface area contributed by atoms with E-state index in [9.17, 15) is 8.42 Å². The van der Waals surface area contributed by atoms with Crippen molar-refractivity contribution < 1.29 is 12.8 Å². The number of furan rings is 1. The summed E-state index contributed by atoms with van der Waals surface area (Å²) >= 11 is 4.45. The molecule has 0 N–H and O–H groups in total. The van der Waals surface area contributed by atoms with Gasteiger partial charge in [-0.05, 0) is 76.4 Å². The summed E-state index contributed by atoms with van der Waals surface area (Å²) in [6.07, 6.45) is 1.55. The summed E-state index contributed by atoms with van der Waals surface area (Å²) in [5, 5.41) is 0. The zero-order chi connectivity index (χ0) is 19.9. The summed E-state index contributed by atoms with van der Waals surface area (Å²) in [5.74, 6) is 1.28. The van der Waals surface area contributed by atoms with E-state index in [2.05, 4.69) is 45.2 Å². The van der Waals surface area contributed by atoms with Gasteiger partial charge in [0.25, 0.3) is 10.0 Å². The smallest absolute Gasteiger partial charge is 0.268 e. The molecule has 2 aromatic carbocycles. The average Bonchev–Trinajstić information content (AvgIpc) is 3.29. The van der Waals surface area contributed by atoms with Gasteiger partial charge < -0.3 is 4.42 Å². The molecular formula is C21H15I2NO3S. The van der Waals surface area contributed by atoms with Gasteiger partial charge in [0.05, 0.1) is 12.0 Å². The molecule has 0 saturated heterocycles. The molecule has 0 spiro atoms. The van der Waals surface area contributed by atoms with E-state index in [1.54, 1.807) is 42.6 Å². The van der Waals surface area contributed by atoms with Gasteiger partial charge in [-0.25, -0.2) is 12.4 Å². The Bertz CT molecular complexity index is 1240. The van der Waals surface area contributed by atoms with E-state index in [-0.39, 0.29) is 4.90 Å². The predicted octanol–water partition coefficient (Wildman–Crippen LogP) is 6.17. The SMILES string of the molecule is Cc1ccc(S(=O)(=O)n2cccc2-c2oc(-c3ccccc3)c(I)c2I)cc1. The number of rotatable bonds is 4. The van der Waals surface area contributed by atoms with E-state index in [0.29, 0.717) is 11.5 Å². The molecule has 0 radical (unpaired) electrons. The number of halogens is 2. The third-order valence-electron chi connectivity index (χ3n) is 4.35. The zero-order valence-electron chi connectivity index (χ0n) is 14.8. The molecule has 0 fully saturated rings. The average molecular weight is 615 g/mol. The lowest BCUT2D eigenvalue weighted by Gasteiger charge is -2.10. The second-order valence-corrected chi connectivity index (χ2v) is 10.2. The summed E-state index contributed by atoms with van der Waals surface area (Å²) in [5.41, 5.74) is 2.47. The van der Waals surface area contributed by atoms with Gasteiger partial charge in [-0.1, -0.05) is 48.0 Å². The first-order valence-corrected chi connectivity index (χ1v) is 12.0. The first-order chi connectivity index (χ1) is 13.4. The highest BCUT2D eigenvalue weighted by atomic mass is 127. The molecule has 0 bridgehead atoms. The number of nitrogens with zero attached hydrogens (tertiary/aromatic N) is 1. The summed E-state index contributed by atoms with van der Waals surface area (Å²) in [6.45, 7) is 1.93. The highest BCUT2D eigenvalue weighted by Crippen LogP contribution is 2.39. The summed E-state index contributed by atoms with van der Waals surface area (Å²) in [7, 11) is -3.73. The van der Waals surface area contributed by atoms with E-state index in [1.165, 1.54) is 3.97 Å². The van der Waals surface area contributed by atoms with Crippen molar-refractivity contribution in [3.8, 4) is 22.8 Å².